The van der Waals surface area contributed by atoms with Crippen molar-refractivity contribution in [3.05, 3.63) is 64.4 Å². The van der Waals surface area contributed by atoms with Crippen LogP contribution in [0.25, 0.3) is 6.08 Å². The molecule has 0 heterocycles. The average Bonchev–Trinajstić information content (AvgIpc) is 2.53. The van der Waals surface area contributed by atoms with Crippen LogP contribution < -0.4 is 4.74 Å². The summed E-state index contributed by atoms with van der Waals surface area (Å²) in [5.74, 6) is -0.708. The summed E-state index contributed by atoms with van der Waals surface area (Å²) in [6.07, 6.45) is 2.76. The van der Waals surface area contributed by atoms with Crippen molar-refractivity contribution in [1.29, 1.82) is 0 Å². The SMILES string of the molecule is COc1cc(/C=C/C(=O)OCc2ccc(F)cc2Cl)ccc1O. The summed E-state index contributed by atoms with van der Waals surface area (Å²) in [4.78, 5) is 11.7. The molecule has 0 aliphatic carbocycles. The van der Waals surface area contributed by atoms with E-state index in [1.54, 1.807) is 12.1 Å². The Bertz CT molecular complexity index is 743. The molecule has 0 saturated carbocycles. The Morgan fingerprint density at radius 2 is 2.09 bits per heavy atom. The fourth-order valence-electron chi connectivity index (χ4n) is 1.80. The molecule has 120 valence electrons. The lowest BCUT2D eigenvalue weighted by atomic mass is 10.2. The number of phenolic OH excluding ortho intramolecular Hbond substituents is 1. The average molecular weight is 337 g/mol. The number of methoxy groups -OCH3 is 1. The van der Waals surface area contributed by atoms with Crippen molar-refractivity contribution >= 4 is 23.6 Å². The molecule has 0 saturated heterocycles. The second-order valence-electron chi connectivity index (χ2n) is 4.61. The molecule has 23 heavy (non-hydrogen) atoms. The molecule has 0 fully saturated rings. The lowest BCUT2D eigenvalue weighted by Gasteiger charge is -2.05. The van der Waals surface area contributed by atoms with Crippen LogP contribution in [0.4, 0.5) is 4.39 Å². The van der Waals surface area contributed by atoms with Gasteiger partial charge < -0.3 is 14.6 Å². The second-order valence-corrected chi connectivity index (χ2v) is 5.02. The molecule has 2 rings (SSSR count). The summed E-state index contributed by atoms with van der Waals surface area (Å²) in [6.45, 7) is -0.0544. The number of halogens is 2. The van der Waals surface area contributed by atoms with Crippen molar-refractivity contribution in [1.82, 2.24) is 0 Å². The van der Waals surface area contributed by atoms with Crippen LogP contribution in [-0.2, 0) is 16.1 Å². The summed E-state index contributed by atoms with van der Waals surface area (Å²) in [7, 11) is 1.43. The van der Waals surface area contributed by atoms with E-state index >= 15 is 0 Å². The van der Waals surface area contributed by atoms with Gasteiger partial charge in [-0.1, -0.05) is 23.7 Å². The molecule has 0 amide bonds. The summed E-state index contributed by atoms with van der Waals surface area (Å²) < 4.78 is 22.9. The number of carbonyl (C=O) groups excluding carboxylic acids is 1. The Hall–Kier alpha value is -2.53. The number of carbonyl (C=O) groups is 1. The Kier molecular flexibility index (Phi) is 5.60. The van der Waals surface area contributed by atoms with Crippen molar-refractivity contribution < 1.29 is 23.8 Å². The molecule has 2 aromatic rings. The van der Waals surface area contributed by atoms with Crippen LogP contribution in [-0.4, -0.2) is 18.2 Å². The van der Waals surface area contributed by atoms with Crippen molar-refractivity contribution in [2.24, 2.45) is 0 Å². The third-order valence-corrected chi connectivity index (χ3v) is 3.35. The first-order valence-electron chi connectivity index (χ1n) is 6.65. The second kappa shape index (κ2) is 7.65. The molecule has 6 heteroatoms. The zero-order chi connectivity index (χ0) is 16.8. The van der Waals surface area contributed by atoms with Crippen molar-refractivity contribution in [3.8, 4) is 11.5 Å². The molecule has 0 aliphatic heterocycles. The van der Waals surface area contributed by atoms with Crippen LogP contribution in [0.15, 0.2) is 42.5 Å². The maximum atomic E-state index is 12.9. The van der Waals surface area contributed by atoms with Gasteiger partial charge >= 0.3 is 5.97 Å². The van der Waals surface area contributed by atoms with Crippen molar-refractivity contribution in [3.63, 3.8) is 0 Å². The van der Waals surface area contributed by atoms with E-state index in [0.29, 0.717) is 16.9 Å². The topological polar surface area (TPSA) is 55.8 Å². The fourth-order valence-corrected chi connectivity index (χ4v) is 2.02. The Labute approximate surface area is 137 Å². The molecule has 0 bridgehead atoms. The van der Waals surface area contributed by atoms with Crippen LogP contribution in [0.5, 0.6) is 11.5 Å². The predicted molar refractivity (Wildman–Crippen MR) is 84.9 cm³/mol. The highest BCUT2D eigenvalue weighted by Gasteiger charge is 2.05. The van der Waals surface area contributed by atoms with Gasteiger partial charge in [-0.2, -0.15) is 0 Å². The smallest absolute Gasteiger partial charge is 0.331 e. The maximum Gasteiger partial charge on any atom is 0.331 e. The Balaban J connectivity index is 1.96. The molecule has 0 atom stereocenters. The van der Waals surface area contributed by atoms with E-state index in [-0.39, 0.29) is 17.4 Å². The zero-order valence-corrected chi connectivity index (χ0v) is 13.0. The fraction of sp³-hybridized carbons (Fsp3) is 0.118. The monoisotopic (exact) mass is 336 g/mol. The summed E-state index contributed by atoms with van der Waals surface area (Å²) in [5.41, 5.74) is 1.18. The zero-order valence-electron chi connectivity index (χ0n) is 12.3. The van der Waals surface area contributed by atoms with Gasteiger partial charge in [0.05, 0.1) is 12.1 Å². The van der Waals surface area contributed by atoms with Gasteiger partial charge in [0, 0.05) is 11.6 Å². The van der Waals surface area contributed by atoms with E-state index in [1.165, 1.54) is 37.5 Å². The van der Waals surface area contributed by atoms with Crippen LogP contribution in [0.3, 0.4) is 0 Å². The van der Waals surface area contributed by atoms with Crippen LogP contribution in [0.1, 0.15) is 11.1 Å². The number of hydrogen-bond acceptors (Lipinski definition) is 4. The van der Waals surface area contributed by atoms with E-state index in [1.807, 2.05) is 0 Å². The van der Waals surface area contributed by atoms with Gasteiger partial charge in [-0.25, -0.2) is 9.18 Å². The maximum absolute atomic E-state index is 12.9. The quantitative estimate of drug-likeness (QED) is 0.663. The summed E-state index contributed by atoms with van der Waals surface area (Å²) >= 11 is 5.85. The van der Waals surface area contributed by atoms with Gasteiger partial charge in [0.1, 0.15) is 12.4 Å². The van der Waals surface area contributed by atoms with Crippen molar-refractivity contribution in [2.45, 2.75) is 6.61 Å². The highest BCUT2D eigenvalue weighted by atomic mass is 35.5. The molecule has 0 aromatic heterocycles. The largest absolute Gasteiger partial charge is 0.504 e. The summed E-state index contributed by atoms with van der Waals surface area (Å²) in [5, 5.41) is 9.69. The Morgan fingerprint density at radius 3 is 2.78 bits per heavy atom. The van der Waals surface area contributed by atoms with E-state index in [2.05, 4.69) is 0 Å². The number of rotatable bonds is 5. The lowest BCUT2D eigenvalue weighted by molar-refractivity contribution is -0.138. The normalized spacial score (nSPS) is 10.7. The Morgan fingerprint density at radius 1 is 1.30 bits per heavy atom. The molecule has 0 unspecified atom stereocenters. The molecule has 0 radical (unpaired) electrons. The minimum absolute atomic E-state index is 0.0122. The summed E-state index contributed by atoms with van der Waals surface area (Å²) in [6, 6.07) is 8.52. The van der Waals surface area contributed by atoms with E-state index < -0.39 is 11.8 Å². The van der Waals surface area contributed by atoms with E-state index in [0.717, 1.165) is 6.07 Å². The third-order valence-electron chi connectivity index (χ3n) is 3.00. The highest BCUT2D eigenvalue weighted by molar-refractivity contribution is 6.31. The minimum Gasteiger partial charge on any atom is -0.504 e. The number of aromatic hydroxyl groups is 1. The molecule has 2 aromatic carbocycles. The van der Waals surface area contributed by atoms with Gasteiger partial charge in [0.25, 0.3) is 0 Å². The van der Waals surface area contributed by atoms with Gasteiger partial charge in [-0.15, -0.1) is 0 Å². The minimum atomic E-state index is -0.572. The number of phenols is 1. The first-order valence-corrected chi connectivity index (χ1v) is 7.03. The van der Waals surface area contributed by atoms with Gasteiger partial charge in [-0.3, -0.25) is 0 Å². The first kappa shape index (κ1) is 16.8. The standard InChI is InChI=1S/C17H14ClFO4/c1-22-16-8-11(2-6-15(16)20)3-7-17(21)23-10-12-4-5-13(19)9-14(12)18/h2-9,20H,10H2,1H3/b7-3+. The van der Waals surface area contributed by atoms with Gasteiger partial charge in [0.15, 0.2) is 11.5 Å². The van der Waals surface area contributed by atoms with Crippen LogP contribution in [0, 0.1) is 5.82 Å². The van der Waals surface area contributed by atoms with E-state index in [4.69, 9.17) is 21.1 Å². The van der Waals surface area contributed by atoms with Gasteiger partial charge in [0.2, 0.25) is 0 Å². The molecular formula is C17H14ClFO4. The van der Waals surface area contributed by atoms with Gasteiger partial charge in [-0.05, 0) is 35.9 Å². The third kappa shape index (κ3) is 4.72. The highest BCUT2D eigenvalue weighted by Crippen LogP contribution is 2.26. The predicted octanol–water partition coefficient (Wildman–Crippen LogP) is 3.95. The van der Waals surface area contributed by atoms with E-state index in [9.17, 15) is 14.3 Å². The van der Waals surface area contributed by atoms with Crippen LogP contribution in [0.2, 0.25) is 5.02 Å². The lowest BCUT2D eigenvalue weighted by Crippen LogP contribution is -2.01. The molecule has 4 nitrogen and oxygen atoms in total. The molecule has 1 N–H and O–H groups in total. The van der Waals surface area contributed by atoms with Crippen LogP contribution >= 0.6 is 11.6 Å². The number of benzene rings is 2. The molecule has 0 aliphatic rings. The molecule has 0 spiro atoms. The van der Waals surface area contributed by atoms with Crippen molar-refractivity contribution in [2.75, 3.05) is 7.11 Å². The number of hydrogen-bond donors (Lipinski definition) is 1. The molecular weight excluding hydrogens is 323 g/mol. The number of ether oxygens (including phenoxy) is 2. The number of esters is 1. The first-order chi connectivity index (χ1) is 11.0.